The van der Waals surface area contributed by atoms with E-state index in [9.17, 15) is 10.5 Å². The molecule has 2 rings (SSSR count). The molecule has 0 aliphatic heterocycles. The van der Waals surface area contributed by atoms with Crippen LogP contribution >= 0.6 is 0 Å². The number of ether oxygens (including phenoxy) is 1. The third kappa shape index (κ3) is 5.60. The minimum atomic E-state index is 0.477. The van der Waals surface area contributed by atoms with Crippen molar-refractivity contribution in [3.8, 4) is 29.0 Å². The number of hydrogen-bond acceptors (Lipinski definition) is 3. The Bertz CT molecular complexity index is 810. The highest BCUT2D eigenvalue weighted by molar-refractivity contribution is 5.75. The third-order valence-electron chi connectivity index (χ3n) is 4.79. The van der Waals surface area contributed by atoms with E-state index in [1.807, 2.05) is 43.3 Å². The molecule has 0 heterocycles. The molecule has 2 aromatic rings. The summed E-state index contributed by atoms with van der Waals surface area (Å²) >= 11 is 0. The molecule has 0 unspecified atom stereocenters. The van der Waals surface area contributed by atoms with Crippen LogP contribution in [0.1, 0.15) is 69.1 Å². The molecule has 3 nitrogen and oxygen atoms in total. The Balaban J connectivity index is 2.19. The van der Waals surface area contributed by atoms with Crippen LogP contribution in [0.5, 0.6) is 5.75 Å². The molecule has 0 spiro atoms. The first kappa shape index (κ1) is 20.5. The molecule has 0 aromatic heterocycles. The highest BCUT2D eigenvalue weighted by atomic mass is 16.5. The van der Waals surface area contributed by atoms with Gasteiger partial charge >= 0.3 is 0 Å². The summed E-state index contributed by atoms with van der Waals surface area (Å²) in [5, 5.41) is 19.4. The maximum atomic E-state index is 9.70. The molecule has 3 heteroatoms. The van der Waals surface area contributed by atoms with E-state index in [4.69, 9.17) is 4.74 Å². The smallest absolute Gasteiger partial charge is 0.119 e. The van der Waals surface area contributed by atoms with E-state index in [2.05, 4.69) is 19.1 Å². The number of hydrogen-bond donors (Lipinski definition) is 0. The minimum Gasteiger partial charge on any atom is -0.494 e. The van der Waals surface area contributed by atoms with Crippen molar-refractivity contribution in [3.05, 3.63) is 53.1 Å². The average Bonchev–Trinajstić information content (AvgIpc) is 2.70. The molecule has 140 valence electrons. The zero-order valence-corrected chi connectivity index (χ0v) is 16.4. The van der Waals surface area contributed by atoms with Gasteiger partial charge in [0.2, 0.25) is 0 Å². The Morgan fingerprint density at radius 3 is 2.07 bits per heavy atom. The third-order valence-corrected chi connectivity index (χ3v) is 4.79. The number of rotatable bonds is 10. The van der Waals surface area contributed by atoms with Gasteiger partial charge in [-0.2, -0.15) is 10.5 Å². The van der Waals surface area contributed by atoms with E-state index >= 15 is 0 Å². The molecule has 0 saturated carbocycles. The summed E-state index contributed by atoms with van der Waals surface area (Å²) in [5.74, 6) is 0.806. The average molecular weight is 361 g/mol. The number of unbranched alkanes of at least 4 members (excludes halogenated alkanes) is 5. The van der Waals surface area contributed by atoms with Crippen LogP contribution in [0.2, 0.25) is 0 Å². The van der Waals surface area contributed by atoms with E-state index in [1.54, 1.807) is 0 Å². The van der Waals surface area contributed by atoms with E-state index in [0.717, 1.165) is 35.3 Å². The molecular weight excluding hydrogens is 332 g/mol. The quantitative estimate of drug-likeness (QED) is 0.461. The molecule has 0 aliphatic rings. The minimum absolute atomic E-state index is 0.477. The highest BCUT2D eigenvalue weighted by Gasteiger charge is 2.14. The fraction of sp³-hybridized carbons (Fsp3) is 0.417. The number of nitrogens with zero attached hydrogens (tertiary/aromatic N) is 2. The first-order valence-electron chi connectivity index (χ1n) is 9.94. The van der Waals surface area contributed by atoms with Gasteiger partial charge < -0.3 is 4.74 Å². The Labute approximate surface area is 163 Å². The van der Waals surface area contributed by atoms with Crippen molar-refractivity contribution in [1.82, 2.24) is 0 Å². The first-order chi connectivity index (χ1) is 13.2. The van der Waals surface area contributed by atoms with Crippen LogP contribution in [0, 0.1) is 22.7 Å². The second-order valence-electron chi connectivity index (χ2n) is 6.72. The van der Waals surface area contributed by atoms with Gasteiger partial charge in [-0.15, -0.1) is 0 Å². The standard InChI is InChI=1S/C24H28N2O/c1-3-5-6-7-8-9-10-19-13-16-22(24(18-26)23(19)17-25)20-11-14-21(15-12-20)27-4-2/h11-16H,3-10H2,1-2H3. The maximum Gasteiger partial charge on any atom is 0.119 e. The fourth-order valence-electron chi connectivity index (χ4n) is 3.33. The lowest BCUT2D eigenvalue weighted by atomic mass is 9.91. The molecule has 0 fully saturated rings. The topological polar surface area (TPSA) is 56.8 Å². The van der Waals surface area contributed by atoms with Gasteiger partial charge in [-0.3, -0.25) is 0 Å². The van der Waals surface area contributed by atoms with Gasteiger partial charge in [0, 0.05) is 5.56 Å². The van der Waals surface area contributed by atoms with Crippen LogP contribution in [0.15, 0.2) is 36.4 Å². The van der Waals surface area contributed by atoms with Gasteiger partial charge in [-0.05, 0) is 43.0 Å². The predicted molar refractivity (Wildman–Crippen MR) is 110 cm³/mol. The summed E-state index contributed by atoms with van der Waals surface area (Å²) in [6.45, 7) is 4.78. The van der Waals surface area contributed by atoms with Crippen molar-refractivity contribution in [2.75, 3.05) is 6.61 Å². The second kappa shape index (κ2) is 11.0. The largest absolute Gasteiger partial charge is 0.494 e. The fourth-order valence-corrected chi connectivity index (χ4v) is 3.33. The zero-order valence-electron chi connectivity index (χ0n) is 16.4. The number of benzene rings is 2. The molecule has 27 heavy (non-hydrogen) atoms. The predicted octanol–water partition coefficient (Wildman–Crippen LogP) is 6.40. The summed E-state index contributed by atoms with van der Waals surface area (Å²) in [6, 6.07) is 16.2. The number of nitriles is 2. The summed E-state index contributed by atoms with van der Waals surface area (Å²) in [7, 11) is 0. The van der Waals surface area contributed by atoms with Crippen molar-refractivity contribution in [1.29, 1.82) is 10.5 Å². The van der Waals surface area contributed by atoms with Crippen LogP contribution in [0.3, 0.4) is 0 Å². The summed E-state index contributed by atoms with van der Waals surface area (Å²) in [4.78, 5) is 0. The van der Waals surface area contributed by atoms with Gasteiger partial charge in [0.1, 0.15) is 17.9 Å². The van der Waals surface area contributed by atoms with Gasteiger partial charge in [0.15, 0.2) is 0 Å². The van der Waals surface area contributed by atoms with Crippen molar-refractivity contribution >= 4 is 0 Å². The van der Waals surface area contributed by atoms with Gasteiger partial charge in [0.05, 0.1) is 17.7 Å². The summed E-state index contributed by atoms with van der Waals surface area (Å²) in [5.41, 5.74) is 3.73. The van der Waals surface area contributed by atoms with E-state index in [0.29, 0.717) is 17.7 Å². The van der Waals surface area contributed by atoms with E-state index in [1.165, 1.54) is 32.1 Å². The molecule has 0 amide bonds. The summed E-state index contributed by atoms with van der Waals surface area (Å²) in [6.07, 6.45) is 8.15. The molecule has 0 N–H and O–H groups in total. The lowest BCUT2D eigenvalue weighted by molar-refractivity contribution is 0.340. The van der Waals surface area contributed by atoms with E-state index in [-0.39, 0.29) is 0 Å². The molecule has 0 atom stereocenters. The molecule has 0 aliphatic carbocycles. The molecule has 0 radical (unpaired) electrons. The first-order valence-corrected chi connectivity index (χ1v) is 9.94. The van der Waals surface area contributed by atoms with Gasteiger partial charge in [0.25, 0.3) is 0 Å². The molecular formula is C24H28N2O. The Hall–Kier alpha value is -2.78. The number of aryl methyl sites for hydroxylation is 1. The van der Waals surface area contributed by atoms with E-state index < -0.39 is 0 Å². The highest BCUT2D eigenvalue weighted by Crippen LogP contribution is 2.30. The van der Waals surface area contributed by atoms with Gasteiger partial charge in [-0.25, -0.2) is 0 Å². The van der Waals surface area contributed by atoms with Crippen LogP contribution < -0.4 is 4.74 Å². The van der Waals surface area contributed by atoms with Crippen molar-refractivity contribution in [2.45, 2.75) is 58.8 Å². The Morgan fingerprint density at radius 2 is 1.44 bits per heavy atom. The Morgan fingerprint density at radius 1 is 0.778 bits per heavy atom. The second-order valence-corrected chi connectivity index (χ2v) is 6.72. The van der Waals surface area contributed by atoms with Crippen molar-refractivity contribution in [3.63, 3.8) is 0 Å². The lowest BCUT2D eigenvalue weighted by Gasteiger charge is -2.11. The van der Waals surface area contributed by atoms with Crippen LogP contribution in [-0.2, 0) is 6.42 Å². The maximum absolute atomic E-state index is 9.70. The van der Waals surface area contributed by atoms with Crippen molar-refractivity contribution in [2.24, 2.45) is 0 Å². The SMILES string of the molecule is CCCCCCCCc1ccc(-c2ccc(OCC)cc2)c(C#N)c1C#N. The lowest BCUT2D eigenvalue weighted by Crippen LogP contribution is -1.98. The molecule has 0 bridgehead atoms. The Kier molecular flexibility index (Phi) is 8.40. The van der Waals surface area contributed by atoms with Crippen LogP contribution in [0.4, 0.5) is 0 Å². The van der Waals surface area contributed by atoms with Crippen LogP contribution in [-0.4, -0.2) is 6.61 Å². The zero-order chi connectivity index (χ0) is 19.5. The van der Waals surface area contributed by atoms with Gasteiger partial charge in [-0.1, -0.05) is 63.3 Å². The van der Waals surface area contributed by atoms with Crippen molar-refractivity contribution < 1.29 is 4.74 Å². The monoisotopic (exact) mass is 360 g/mol. The normalized spacial score (nSPS) is 10.2. The summed E-state index contributed by atoms with van der Waals surface area (Å²) < 4.78 is 5.48. The van der Waals surface area contributed by atoms with Crippen LogP contribution in [0.25, 0.3) is 11.1 Å². The molecule has 2 aromatic carbocycles. The molecule has 0 saturated heterocycles.